The average Bonchev–Trinajstić information content (AvgIpc) is 3.38. The molecule has 41 heavy (non-hydrogen) atoms. The molecule has 0 radical (unpaired) electrons. The van der Waals surface area contributed by atoms with Gasteiger partial charge in [0.1, 0.15) is 0 Å². The Labute approximate surface area is 234 Å². The van der Waals surface area contributed by atoms with Crippen molar-refractivity contribution in [2.24, 2.45) is 0 Å². The van der Waals surface area contributed by atoms with E-state index in [1.54, 1.807) is 24.5 Å². The zero-order chi connectivity index (χ0) is 29.1. The molecule has 3 heterocycles. The molecule has 1 saturated heterocycles. The molecular weight excluding hydrogens is 530 g/mol. The molecule has 1 aliphatic heterocycles. The minimum absolute atomic E-state index is 0.0938. The monoisotopic (exact) mass is 559 g/mol. The maximum absolute atomic E-state index is 12.7. The Morgan fingerprint density at radius 2 is 1.88 bits per heavy atom. The van der Waals surface area contributed by atoms with Crippen LogP contribution in [0.5, 0.6) is 0 Å². The van der Waals surface area contributed by atoms with Crippen molar-refractivity contribution in [3.63, 3.8) is 0 Å². The summed E-state index contributed by atoms with van der Waals surface area (Å²) in [5.41, 5.74) is 2.55. The summed E-state index contributed by atoms with van der Waals surface area (Å²) in [6.45, 7) is 5.18. The number of hydrogen-bond acceptors (Lipinski definition) is 9. The van der Waals surface area contributed by atoms with Gasteiger partial charge in [0, 0.05) is 54.2 Å². The molecule has 2 aromatic heterocycles. The number of nitrogens with zero attached hydrogens (tertiary/aromatic N) is 6. The summed E-state index contributed by atoms with van der Waals surface area (Å²) in [5, 5.41) is 28.8. The van der Waals surface area contributed by atoms with Crippen molar-refractivity contribution in [3.8, 4) is 0 Å². The molecule has 0 aliphatic carbocycles. The van der Waals surface area contributed by atoms with Crippen LogP contribution in [0.3, 0.4) is 0 Å². The Morgan fingerprint density at radius 3 is 2.59 bits per heavy atom. The lowest BCUT2D eigenvalue weighted by molar-refractivity contribution is -0.384. The van der Waals surface area contributed by atoms with Gasteiger partial charge in [-0.15, -0.1) is 0 Å². The third kappa shape index (κ3) is 6.16. The molecular formula is C27H29N9O5. The number of carbonyl (C=O) groups is 2. The minimum Gasteiger partial charge on any atom is -0.465 e. The number of anilines is 4. The number of non-ortho nitro benzene ring substituents is 1. The molecule has 0 bridgehead atoms. The molecule has 0 spiro atoms. The van der Waals surface area contributed by atoms with E-state index in [1.807, 2.05) is 29.4 Å². The number of rotatable bonds is 8. The topological polar surface area (TPSA) is 180 Å². The van der Waals surface area contributed by atoms with E-state index >= 15 is 0 Å². The number of fused-ring (bicyclic) bond motifs is 1. The second-order valence-electron chi connectivity index (χ2n) is 9.99. The minimum atomic E-state index is -1.06. The molecule has 2 amide bonds. The zero-order valence-corrected chi connectivity index (χ0v) is 22.4. The summed E-state index contributed by atoms with van der Waals surface area (Å²) in [6.07, 6.45) is 2.17. The number of hydrogen-bond donors (Lipinski definition) is 4. The lowest BCUT2D eigenvalue weighted by atomic mass is 10.1. The molecule has 1 aliphatic rings. The molecule has 1 fully saturated rings. The Bertz CT molecular complexity index is 1600. The Kier molecular flexibility index (Phi) is 7.63. The number of nitro groups is 1. The first-order valence-electron chi connectivity index (χ1n) is 13.1. The van der Waals surface area contributed by atoms with Gasteiger partial charge in [0.2, 0.25) is 5.95 Å². The maximum atomic E-state index is 12.7. The van der Waals surface area contributed by atoms with Gasteiger partial charge in [-0.3, -0.25) is 14.9 Å². The largest absolute Gasteiger partial charge is 0.465 e. The van der Waals surface area contributed by atoms with Crippen molar-refractivity contribution in [3.05, 3.63) is 70.5 Å². The van der Waals surface area contributed by atoms with Crippen LogP contribution in [0.2, 0.25) is 0 Å². The summed E-state index contributed by atoms with van der Waals surface area (Å²) in [5.74, 6) is 0.521. The lowest BCUT2D eigenvalue weighted by Crippen LogP contribution is -2.48. The van der Waals surface area contributed by atoms with Gasteiger partial charge in [-0.25, -0.2) is 9.78 Å². The third-order valence-electron chi connectivity index (χ3n) is 6.72. The molecule has 14 nitrogen and oxygen atoms in total. The molecule has 212 valence electrons. The number of carbonyl (C=O) groups excluding carboxylic acids is 1. The molecule has 1 atom stereocenters. The lowest BCUT2D eigenvalue weighted by Gasteiger charge is -2.32. The molecule has 14 heteroatoms. The van der Waals surface area contributed by atoms with Crippen molar-refractivity contribution in [1.82, 2.24) is 24.8 Å². The molecule has 5 rings (SSSR count). The molecule has 4 aromatic rings. The summed E-state index contributed by atoms with van der Waals surface area (Å²) in [4.78, 5) is 50.4. The van der Waals surface area contributed by atoms with Crippen molar-refractivity contribution >= 4 is 52.0 Å². The Morgan fingerprint density at radius 1 is 1.12 bits per heavy atom. The SMILES string of the molecule is CC(C)n1cnc2c(Nc3cccc(NC(=O)c4ccc([N+](=O)[O-])cc4)c3)nc(N3CCCC(NC(=O)O)C3)nc21. The summed E-state index contributed by atoms with van der Waals surface area (Å²) >= 11 is 0. The molecule has 0 saturated carbocycles. The van der Waals surface area contributed by atoms with Gasteiger partial charge in [-0.1, -0.05) is 6.07 Å². The van der Waals surface area contributed by atoms with Crippen LogP contribution in [0, 0.1) is 10.1 Å². The number of carboxylic acid groups (broad SMARTS) is 1. The second kappa shape index (κ2) is 11.5. The standard InChI is InChI=1S/C27H29N9O5/c1-16(2)35-15-28-22-23(32-26(33-24(22)35)34-12-4-7-20(14-34)31-27(38)39)29-18-5-3-6-19(13-18)30-25(37)17-8-10-21(11-9-17)36(40)41/h3,5-6,8-11,13,15-16,20,31H,4,7,12,14H2,1-2H3,(H,30,37)(H,38,39)(H,29,32,33). The molecule has 4 N–H and O–H groups in total. The fourth-order valence-corrected chi connectivity index (χ4v) is 4.71. The van der Waals surface area contributed by atoms with E-state index in [-0.39, 0.29) is 23.3 Å². The van der Waals surface area contributed by atoms with E-state index in [9.17, 15) is 24.8 Å². The third-order valence-corrected chi connectivity index (χ3v) is 6.72. The Balaban J connectivity index is 1.41. The van der Waals surface area contributed by atoms with Crippen LogP contribution in [0.1, 0.15) is 43.1 Å². The maximum Gasteiger partial charge on any atom is 0.404 e. The number of nitrogens with one attached hydrogen (secondary N) is 3. The number of imidazole rings is 1. The molecule has 1 unspecified atom stereocenters. The summed E-state index contributed by atoms with van der Waals surface area (Å²) < 4.78 is 1.95. The quantitative estimate of drug-likeness (QED) is 0.177. The van der Waals surface area contributed by atoms with Gasteiger partial charge in [0.05, 0.1) is 11.3 Å². The van der Waals surface area contributed by atoms with Gasteiger partial charge >= 0.3 is 6.09 Å². The first-order chi connectivity index (χ1) is 19.7. The summed E-state index contributed by atoms with van der Waals surface area (Å²) in [6, 6.07) is 12.3. The number of piperidine rings is 1. The van der Waals surface area contributed by atoms with Crippen LogP contribution in [0.25, 0.3) is 11.2 Å². The van der Waals surface area contributed by atoms with Crippen LogP contribution in [0.4, 0.5) is 33.6 Å². The molecule has 2 aromatic carbocycles. The van der Waals surface area contributed by atoms with Crippen LogP contribution >= 0.6 is 0 Å². The highest BCUT2D eigenvalue weighted by atomic mass is 16.6. The number of aromatic nitrogens is 4. The van der Waals surface area contributed by atoms with Crippen molar-refractivity contribution in [2.75, 3.05) is 28.6 Å². The van der Waals surface area contributed by atoms with Gasteiger partial charge in [0.15, 0.2) is 17.0 Å². The number of benzene rings is 2. The highest BCUT2D eigenvalue weighted by Gasteiger charge is 2.25. The predicted octanol–water partition coefficient (Wildman–Crippen LogP) is 4.55. The van der Waals surface area contributed by atoms with E-state index in [1.165, 1.54) is 24.3 Å². The fourth-order valence-electron chi connectivity index (χ4n) is 4.71. The number of nitro benzene ring substituents is 1. The van der Waals surface area contributed by atoms with Gasteiger partial charge < -0.3 is 30.5 Å². The first kappa shape index (κ1) is 27.3. The highest BCUT2D eigenvalue weighted by Crippen LogP contribution is 2.29. The van der Waals surface area contributed by atoms with Crippen molar-refractivity contribution in [1.29, 1.82) is 0 Å². The fraction of sp³-hybridized carbons (Fsp3) is 0.296. The Hall–Kier alpha value is -5.27. The van der Waals surface area contributed by atoms with E-state index in [4.69, 9.17) is 9.97 Å². The van der Waals surface area contributed by atoms with Crippen LogP contribution in [-0.2, 0) is 0 Å². The van der Waals surface area contributed by atoms with Gasteiger partial charge in [-0.05, 0) is 57.0 Å². The van der Waals surface area contributed by atoms with Gasteiger partial charge in [-0.2, -0.15) is 9.97 Å². The summed E-state index contributed by atoms with van der Waals surface area (Å²) in [7, 11) is 0. The van der Waals surface area contributed by atoms with Crippen molar-refractivity contribution in [2.45, 2.75) is 38.8 Å². The van der Waals surface area contributed by atoms with E-state index in [2.05, 4.69) is 20.9 Å². The van der Waals surface area contributed by atoms with E-state index in [0.717, 1.165) is 12.8 Å². The van der Waals surface area contributed by atoms with Crippen molar-refractivity contribution < 1.29 is 19.6 Å². The van der Waals surface area contributed by atoms with Crippen LogP contribution in [-0.4, -0.2) is 60.7 Å². The first-order valence-corrected chi connectivity index (χ1v) is 13.1. The number of amides is 2. The second-order valence-corrected chi connectivity index (χ2v) is 9.99. The average molecular weight is 560 g/mol. The van der Waals surface area contributed by atoms with Crippen LogP contribution < -0.4 is 20.9 Å². The predicted molar refractivity (Wildman–Crippen MR) is 153 cm³/mol. The van der Waals surface area contributed by atoms with Crippen LogP contribution in [0.15, 0.2) is 54.9 Å². The normalized spacial score (nSPS) is 15.1. The smallest absolute Gasteiger partial charge is 0.404 e. The van der Waals surface area contributed by atoms with E-state index < -0.39 is 16.9 Å². The van der Waals surface area contributed by atoms with Gasteiger partial charge in [0.25, 0.3) is 11.6 Å². The highest BCUT2D eigenvalue weighted by molar-refractivity contribution is 6.04. The zero-order valence-electron chi connectivity index (χ0n) is 22.4. The van der Waals surface area contributed by atoms with E-state index in [0.29, 0.717) is 47.4 Å².